The second-order valence-corrected chi connectivity index (χ2v) is 6.10. The van der Waals surface area contributed by atoms with Crippen LogP contribution in [-0.4, -0.2) is 40.8 Å². The molecule has 1 unspecified atom stereocenters. The van der Waals surface area contributed by atoms with Crippen LogP contribution in [0.15, 0.2) is 6.07 Å². The van der Waals surface area contributed by atoms with Crippen LogP contribution in [-0.2, 0) is 0 Å². The lowest BCUT2D eigenvalue weighted by molar-refractivity contribution is 0.198. The lowest BCUT2D eigenvalue weighted by atomic mass is 10.3. The number of aryl methyl sites for hydroxylation is 1. The van der Waals surface area contributed by atoms with Gasteiger partial charge in [-0.3, -0.25) is 0 Å². The zero-order chi connectivity index (χ0) is 13.4. The molecule has 102 valence electrons. The second-order valence-electron chi connectivity index (χ2n) is 4.87. The number of β-amino-alcohol motifs (C(OH)–C–C–N with tert-alkyl or cyclic N) is 1. The minimum atomic E-state index is -0.243. The van der Waals surface area contributed by atoms with Gasteiger partial charge in [-0.15, -0.1) is 11.3 Å². The van der Waals surface area contributed by atoms with Crippen molar-refractivity contribution in [1.82, 2.24) is 9.97 Å². The largest absolute Gasteiger partial charge is 0.391 e. The van der Waals surface area contributed by atoms with E-state index in [1.165, 1.54) is 4.88 Å². The lowest BCUT2D eigenvalue weighted by Gasteiger charge is -2.18. The summed E-state index contributed by atoms with van der Waals surface area (Å²) in [6.07, 6.45) is 0.567. The second kappa shape index (κ2) is 4.94. The van der Waals surface area contributed by atoms with E-state index in [0.29, 0.717) is 12.5 Å². The first-order valence-corrected chi connectivity index (χ1v) is 7.44. The van der Waals surface area contributed by atoms with Crippen LogP contribution >= 0.6 is 11.3 Å². The van der Waals surface area contributed by atoms with Crippen LogP contribution in [0.25, 0.3) is 10.2 Å². The molecule has 1 atom stereocenters. The number of hydrogen-bond donors (Lipinski definition) is 2. The molecule has 0 aliphatic carbocycles. The van der Waals surface area contributed by atoms with Gasteiger partial charge in [0.2, 0.25) is 5.95 Å². The molecule has 6 heteroatoms. The number of aliphatic hydroxyl groups excluding tert-OH is 1. The van der Waals surface area contributed by atoms with Gasteiger partial charge in [-0.1, -0.05) is 0 Å². The Balaban J connectivity index is 2.09. The average molecular weight is 278 g/mol. The van der Waals surface area contributed by atoms with E-state index < -0.39 is 0 Å². The molecule has 2 aromatic rings. The maximum atomic E-state index is 9.71. The van der Waals surface area contributed by atoms with Crippen LogP contribution in [0, 0.1) is 6.92 Å². The smallest absolute Gasteiger partial charge is 0.226 e. The van der Waals surface area contributed by atoms with Gasteiger partial charge in [0.05, 0.1) is 11.5 Å². The van der Waals surface area contributed by atoms with Crippen molar-refractivity contribution in [3.05, 3.63) is 10.9 Å². The van der Waals surface area contributed by atoms with Crippen molar-refractivity contribution in [2.75, 3.05) is 29.9 Å². The minimum Gasteiger partial charge on any atom is -0.391 e. The summed E-state index contributed by atoms with van der Waals surface area (Å²) in [5.41, 5.74) is 0. The van der Waals surface area contributed by atoms with E-state index in [2.05, 4.69) is 33.2 Å². The van der Waals surface area contributed by atoms with Gasteiger partial charge in [0, 0.05) is 24.5 Å². The number of thiophene rings is 1. The summed E-state index contributed by atoms with van der Waals surface area (Å²) in [7, 11) is 0. The van der Waals surface area contributed by atoms with E-state index in [0.717, 1.165) is 35.5 Å². The van der Waals surface area contributed by atoms with E-state index in [4.69, 9.17) is 0 Å². The zero-order valence-corrected chi connectivity index (χ0v) is 12.0. The summed E-state index contributed by atoms with van der Waals surface area (Å²) in [6, 6.07) is 2.13. The Labute approximate surface area is 116 Å². The predicted molar refractivity (Wildman–Crippen MR) is 79.2 cm³/mol. The van der Waals surface area contributed by atoms with Crippen molar-refractivity contribution in [3.63, 3.8) is 0 Å². The van der Waals surface area contributed by atoms with Crippen molar-refractivity contribution < 1.29 is 5.11 Å². The highest BCUT2D eigenvalue weighted by Gasteiger charge is 2.24. The number of aliphatic hydroxyl groups is 1. The Bertz CT molecular complexity index is 598. The van der Waals surface area contributed by atoms with Gasteiger partial charge in [0.15, 0.2) is 0 Å². The lowest BCUT2D eigenvalue weighted by Crippen LogP contribution is -2.23. The molecule has 1 saturated heterocycles. The maximum absolute atomic E-state index is 9.71. The van der Waals surface area contributed by atoms with E-state index in [1.54, 1.807) is 11.3 Å². The average Bonchev–Trinajstić information content (AvgIpc) is 2.93. The molecule has 3 heterocycles. The first-order chi connectivity index (χ1) is 9.17. The van der Waals surface area contributed by atoms with Gasteiger partial charge in [0.25, 0.3) is 0 Å². The van der Waals surface area contributed by atoms with Crippen molar-refractivity contribution in [3.8, 4) is 0 Å². The van der Waals surface area contributed by atoms with E-state index in [-0.39, 0.29) is 6.10 Å². The normalized spacial score (nSPS) is 19.3. The molecule has 2 N–H and O–H groups in total. The van der Waals surface area contributed by atoms with Gasteiger partial charge in [0.1, 0.15) is 10.6 Å². The van der Waals surface area contributed by atoms with Crippen LogP contribution in [0.3, 0.4) is 0 Å². The molecule has 1 aliphatic rings. The summed E-state index contributed by atoms with van der Waals surface area (Å²) in [4.78, 5) is 13.6. The Morgan fingerprint density at radius 2 is 2.37 bits per heavy atom. The van der Waals surface area contributed by atoms with Crippen molar-refractivity contribution in [1.29, 1.82) is 0 Å². The third-order valence-corrected chi connectivity index (χ3v) is 4.24. The summed E-state index contributed by atoms with van der Waals surface area (Å²) >= 11 is 1.69. The van der Waals surface area contributed by atoms with Gasteiger partial charge in [-0.05, 0) is 26.3 Å². The van der Waals surface area contributed by atoms with Crippen LogP contribution in [0.2, 0.25) is 0 Å². The molecule has 2 aromatic heterocycles. The minimum absolute atomic E-state index is 0.243. The molecule has 0 aromatic carbocycles. The highest BCUT2D eigenvalue weighted by Crippen LogP contribution is 2.33. The van der Waals surface area contributed by atoms with Gasteiger partial charge >= 0.3 is 0 Å². The molecule has 0 radical (unpaired) electrons. The predicted octanol–water partition coefficient (Wildman–Crippen LogP) is 2.00. The highest BCUT2D eigenvalue weighted by molar-refractivity contribution is 7.18. The molecular weight excluding hydrogens is 260 g/mol. The molecule has 3 rings (SSSR count). The van der Waals surface area contributed by atoms with Gasteiger partial charge in [-0.25, -0.2) is 4.98 Å². The van der Waals surface area contributed by atoms with Gasteiger partial charge in [-0.2, -0.15) is 4.98 Å². The summed E-state index contributed by atoms with van der Waals surface area (Å²) in [5, 5.41) is 14.0. The Kier molecular flexibility index (Phi) is 3.28. The zero-order valence-electron chi connectivity index (χ0n) is 11.2. The third-order valence-electron chi connectivity index (χ3n) is 3.29. The number of nitrogens with one attached hydrogen (secondary N) is 1. The Morgan fingerprint density at radius 3 is 3.05 bits per heavy atom. The monoisotopic (exact) mass is 278 g/mol. The first-order valence-electron chi connectivity index (χ1n) is 6.62. The topological polar surface area (TPSA) is 61.3 Å². The van der Waals surface area contributed by atoms with Crippen LogP contribution in [0.5, 0.6) is 0 Å². The molecule has 0 bridgehead atoms. The SMILES string of the molecule is CCNc1nc(N2CCC(O)C2)c2cc(C)sc2n1. The Morgan fingerprint density at radius 1 is 1.53 bits per heavy atom. The molecule has 5 nitrogen and oxygen atoms in total. The van der Waals surface area contributed by atoms with Gasteiger partial charge < -0.3 is 15.3 Å². The maximum Gasteiger partial charge on any atom is 0.226 e. The van der Waals surface area contributed by atoms with Crippen molar-refractivity contribution in [2.45, 2.75) is 26.4 Å². The number of hydrogen-bond acceptors (Lipinski definition) is 6. The summed E-state index contributed by atoms with van der Waals surface area (Å²) in [5.74, 6) is 1.62. The van der Waals surface area contributed by atoms with Crippen molar-refractivity contribution >= 4 is 33.3 Å². The highest BCUT2D eigenvalue weighted by atomic mass is 32.1. The fraction of sp³-hybridized carbons (Fsp3) is 0.538. The number of nitrogens with zero attached hydrogens (tertiary/aromatic N) is 3. The quantitative estimate of drug-likeness (QED) is 0.899. The van der Waals surface area contributed by atoms with Crippen molar-refractivity contribution in [2.24, 2.45) is 0 Å². The van der Waals surface area contributed by atoms with E-state index in [1.807, 2.05) is 6.92 Å². The summed E-state index contributed by atoms with van der Waals surface area (Å²) < 4.78 is 0. The molecule has 19 heavy (non-hydrogen) atoms. The Hall–Kier alpha value is -1.40. The number of anilines is 2. The molecule has 0 amide bonds. The fourth-order valence-electron chi connectivity index (χ4n) is 2.44. The molecule has 0 spiro atoms. The van der Waals surface area contributed by atoms with E-state index >= 15 is 0 Å². The fourth-order valence-corrected chi connectivity index (χ4v) is 3.31. The molecule has 1 fully saturated rings. The molecule has 1 aliphatic heterocycles. The molecular formula is C13H18N4OS. The number of fused-ring (bicyclic) bond motifs is 1. The first kappa shape index (κ1) is 12.6. The number of aromatic nitrogens is 2. The van der Waals surface area contributed by atoms with Crippen LogP contribution in [0.1, 0.15) is 18.2 Å². The number of rotatable bonds is 3. The van der Waals surface area contributed by atoms with Crippen LogP contribution in [0.4, 0.5) is 11.8 Å². The van der Waals surface area contributed by atoms with Crippen LogP contribution < -0.4 is 10.2 Å². The third kappa shape index (κ3) is 2.37. The standard InChI is InChI=1S/C13H18N4OS/c1-3-14-13-15-11(17-5-4-9(18)7-17)10-6-8(2)19-12(10)16-13/h6,9,18H,3-5,7H2,1-2H3,(H,14,15,16). The molecule has 0 saturated carbocycles. The van der Waals surface area contributed by atoms with E-state index in [9.17, 15) is 5.11 Å². The summed E-state index contributed by atoms with van der Waals surface area (Å²) in [6.45, 7) is 6.44.